The molecule has 0 bridgehead atoms. The average molecular weight is 272 g/mol. The minimum atomic E-state index is -3.51. The summed E-state index contributed by atoms with van der Waals surface area (Å²) in [5.41, 5.74) is 6.07. The summed E-state index contributed by atoms with van der Waals surface area (Å²) in [7, 11) is -2.02. The van der Waals surface area contributed by atoms with Crippen LogP contribution in [0.2, 0.25) is 0 Å². The van der Waals surface area contributed by atoms with Gasteiger partial charge in [-0.25, -0.2) is 8.42 Å². The molecule has 6 nitrogen and oxygen atoms in total. The third-order valence-corrected chi connectivity index (χ3v) is 3.02. The zero-order valence-corrected chi connectivity index (χ0v) is 11.2. The molecule has 1 aromatic carbocycles. The first kappa shape index (κ1) is 14.5. The van der Waals surface area contributed by atoms with Gasteiger partial charge in [0.1, 0.15) is 0 Å². The van der Waals surface area contributed by atoms with Crippen molar-refractivity contribution in [2.45, 2.75) is 13.0 Å². The molecule has 1 rings (SSSR count). The third-order valence-electron chi connectivity index (χ3n) is 2.44. The van der Waals surface area contributed by atoms with E-state index in [0.717, 1.165) is 6.26 Å². The summed E-state index contributed by atoms with van der Waals surface area (Å²) in [5.74, 6) is -0.702. The molecule has 0 aromatic heterocycles. The number of amides is 1. The Bertz CT molecular complexity index is 554. The molecule has 1 unspecified atom stereocenters. The number of para-hydroxylation sites is 1. The number of ether oxygens (including phenoxy) is 1. The molecule has 0 aliphatic heterocycles. The Morgan fingerprint density at radius 2 is 2.06 bits per heavy atom. The number of hydrogen-bond acceptors (Lipinski definition) is 4. The Morgan fingerprint density at radius 3 is 2.50 bits per heavy atom. The van der Waals surface area contributed by atoms with Crippen LogP contribution in [0.3, 0.4) is 0 Å². The first-order valence-electron chi connectivity index (χ1n) is 5.19. The molecular weight excluding hydrogens is 256 g/mol. The highest BCUT2D eigenvalue weighted by molar-refractivity contribution is 7.92. The van der Waals surface area contributed by atoms with Crippen LogP contribution in [0.25, 0.3) is 0 Å². The Morgan fingerprint density at radius 1 is 1.44 bits per heavy atom. The van der Waals surface area contributed by atoms with Gasteiger partial charge in [0.05, 0.1) is 23.6 Å². The molecule has 0 saturated carbocycles. The molecule has 0 saturated heterocycles. The molecule has 0 spiro atoms. The van der Waals surface area contributed by atoms with Gasteiger partial charge in [-0.2, -0.15) is 0 Å². The van der Waals surface area contributed by atoms with E-state index < -0.39 is 15.9 Å². The number of methoxy groups -OCH3 is 1. The van der Waals surface area contributed by atoms with Gasteiger partial charge in [-0.15, -0.1) is 0 Å². The lowest BCUT2D eigenvalue weighted by Crippen LogP contribution is -2.19. The van der Waals surface area contributed by atoms with Gasteiger partial charge in [0.25, 0.3) is 5.91 Å². The van der Waals surface area contributed by atoms with Crippen LogP contribution in [0, 0.1) is 0 Å². The number of nitrogens with one attached hydrogen (secondary N) is 1. The van der Waals surface area contributed by atoms with Gasteiger partial charge in [-0.05, 0) is 13.0 Å². The molecule has 1 amide bonds. The lowest BCUT2D eigenvalue weighted by molar-refractivity contribution is 0.1000. The molecule has 3 N–H and O–H groups in total. The Kier molecular flexibility index (Phi) is 4.31. The number of primary amides is 1. The second kappa shape index (κ2) is 5.36. The Balaban J connectivity index is 3.43. The highest BCUT2D eigenvalue weighted by Crippen LogP contribution is 2.29. The summed E-state index contributed by atoms with van der Waals surface area (Å²) in [4.78, 5) is 11.3. The first-order valence-corrected chi connectivity index (χ1v) is 7.08. The van der Waals surface area contributed by atoms with Crippen LogP contribution < -0.4 is 10.5 Å². The average Bonchev–Trinajstić information content (AvgIpc) is 2.25. The van der Waals surface area contributed by atoms with E-state index in [1.54, 1.807) is 19.1 Å². The van der Waals surface area contributed by atoms with Crippen LogP contribution in [0.1, 0.15) is 28.9 Å². The van der Waals surface area contributed by atoms with Crippen LogP contribution in [0.5, 0.6) is 0 Å². The largest absolute Gasteiger partial charge is 0.377 e. The monoisotopic (exact) mass is 272 g/mol. The number of sulfonamides is 1. The first-order chi connectivity index (χ1) is 8.26. The van der Waals surface area contributed by atoms with Gasteiger partial charge in [-0.3, -0.25) is 9.52 Å². The molecule has 0 aliphatic rings. The van der Waals surface area contributed by atoms with Gasteiger partial charge in [0.2, 0.25) is 10.0 Å². The van der Waals surface area contributed by atoms with E-state index in [0.29, 0.717) is 5.56 Å². The number of nitrogens with two attached hydrogens (primary N) is 1. The van der Waals surface area contributed by atoms with Crippen molar-refractivity contribution in [2.24, 2.45) is 5.73 Å². The van der Waals surface area contributed by atoms with Crippen molar-refractivity contribution in [1.82, 2.24) is 0 Å². The van der Waals surface area contributed by atoms with Crippen molar-refractivity contribution in [3.8, 4) is 0 Å². The maximum atomic E-state index is 11.3. The highest BCUT2D eigenvalue weighted by Gasteiger charge is 2.19. The number of anilines is 1. The van der Waals surface area contributed by atoms with Gasteiger partial charge >= 0.3 is 0 Å². The quantitative estimate of drug-likeness (QED) is 0.830. The predicted molar refractivity (Wildman–Crippen MR) is 68.9 cm³/mol. The summed E-state index contributed by atoms with van der Waals surface area (Å²) >= 11 is 0. The van der Waals surface area contributed by atoms with E-state index in [1.165, 1.54) is 13.2 Å². The van der Waals surface area contributed by atoms with Gasteiger partial charge in [0, 0.05) is 12.7 Å². The molecule has 1 aromatic rings. The van der Waals surface area contributed by atoms with Crippen LogP contribution in [0.15, 0.2) is 18.2 Å². The molecule has 100 valence electrons. The summed E-state index contributed by atoms with van der Waals surface area (Å²) in [6.07, 6.45) is 0.639. The zero-order valence-electron chi connectivity index (χ0n) is 10.4. The van der Waals surface area contributed by atoms with Gasteiger partial charge in [0.15, 0.2) is 0 Å². The standard InChI is InChI=1S/C11H16N2O4S/c1-7(17-2)8-5-4-6-9(11(12)14)10(8)13-18(3,15)16/h4-7,13H,1-3H3,(H2,12,14). The fourth-order valence-corrected chi connectivity index (χ4v) is 2.14. The molecule has 0 radical (unpaired) electrons. The smallest absolute Gasteiger partial charge is 0.250 e. The van der Waals surface area contributed by atoms with Crippen LogP contribution in [-0.2, 0) is 14.8 Å². The zero-order chi connectivity index (χ0) is 13.9. The number of carbonyl (C=O) groups is 1. The van der Waals surface area contributed by atoms with Crippen molar-refractivity contribution < 1.29 is 17.9 Å². The molecule has 18 heavy (non-hydrogen) atoms. The number of benzene rings is 1. The summed E-state index contributed by atoms with van der Waals surface area (Å²) in [6.45, 7) is 1.74. The van der Waals surface area contributed by atoms with E-state index in [2.05, 4.69) is 4.72 Å². The van der Waals surface area contributed by atoms with Crippen molar-refractivity contribution >= 4 is 21.6 Å². The second-order valence-corrected chi connectivity index (χ2v) is 5.63. The summed E-state index contributed by atoms with van der Waals surface area (Å²) in [5, 5.41) is 0. The molecule has 7 heteroatoms. The molecular formula is C11H16N2O4S. The summed E-state index contributed by atoms with van der Waals surface area (Å²) < 4.78 is 30.1. The maximum Gasteiger partial charge on any atom is 0.250 e. The molecule has 1 atom stereocenters. The third kappa shape index (κ3) is 3.44. The fraction of sp³-hybridized carbons (Fsp3) is 0.364. The predicted octanol–water partition coefficient (Wildman–Crippen LogP) is 0.864. The number of carbonyl (C=O) groups excluding carboxylic acids is 1. The SMILES string of the molecule is COC(C)c1cccc(C(N)=O)c1NS(C)(=O)=O. The second-order valence-electron chi connectivity index (χ2n) is 3.89. The van der Waals surface area contributed by atoms with Gasteiger partial charge < -0.3 is 10.5 Å². The van der Waals surface area contributed by atoms with Gasteiger partial charge in [-0.1, -0.05) is 12.1 Å². The minimum Gasteiger partial charge on any atom is -0.377 e. The lowest BCUT2D eigenvalue weighted by Gasteiger charge is -2.17. The molecule has 0 fully saturated rings. The molecule has 0 aliphatic carbocycles. The van der Waals surface area contributed by atoms with E-state index in [9.17, 15) is 13.2 Å². The van der Waals surface area contributed by atoms with Crippen molar-refractivity contribution in [2.75, 3.05) is 18.1 Å². The van der Waals surface area contributed by atoms with Crippen LogP contribution in [-0.4, -0.2) is 27.7 Å². The maximum absolute atomic E-state index is 11.3. The normalized spacial score (nSPS) is 13.1. The highest BCUT2D eigenvalue weighted by atomic mass is 32.2. The summed E-state index contributed by atoms with van der Waals surface area (Å²) in [6, 6.07) is 4.76. The minimum absolute atomic E-state index is 0.113. The molecule has 0 heterocycles. The van der Waals surface area contributed by atoms with Crippen LogP contribution >= 0.6 is 0 Å². The van der Waals surface area contributed by atoms with E-state index in [-0.39, 0.29) is 17.4 Å². The Hall–Kier alpha value is -1.60. The number of hydrogen-bond donors (Lipinski definition) is 2. The van der Waals surface area contributed by atoms with Crippen molar-refractivity contribution in [3.63, 3.8) is 0 Å². The van der Waals surface area contributed by atoms with Crippen molar-refractivity contribution in [3.05, 3.63) is 29.3 Å². The number of rotatable bonds is 5. The Labute approximate surface area is 106 Å². The van der Waals surface area contributed by atoms with E-state index in [1.807, 2.05) is 0 Å². The van der Waals surface area contributed by atoms with E-state index in [4.69, 9.17) is 10.5 Å². The van der Waals surface area contributed by atoms with Crippen LogP contribution in [0.4, 0.5) is 5.69 Å². The fourth-order valence-electron chi connectivity index (χ4n) is 1.54. The topological polar surface area (TPSA) is 98.5 Å². The lowest BCUT2D eigenvalue weighted by atomic mass is 10.0. The van der Waals surface area contributed by atoms with E-state index >= 15 is 0 Å². The van der Waals surface area contributed by atoms with Crippen molar-refractivity contribution in [1.29, 1.82) is 0 Å².